The number of piperidine rings is 2. The van der Waals surface area contributed by atoms with Gasteiger partial charge in [-0.2, -0.15) is 4.31 Å². The minimum absolute atomic E-state index is 0.113. The number of amides is 1. The average Bonchev–Trinajstić information content (AvgIpc) is 2.73. The molecule has 0 radical (unpaired) electrons. The van der Waals surface area contributed by atoms with Crippen molar-refractivity contribution in [1.82, 2.24) is 9.21 Å². The van der Waals surface area contributed by atoms with Crippen molar-refractivity contribution in [2.24, 2.45) is 5.92 Å². The first-order valence-corrected chi connectivity index (χ1v) is 11.8. The summed E-state index contributed by atoms with van der Waals surface area (Å²) in [5.74, 6) is 0.437. The molecular weight excluding hydrogens is 376 g/mol. The van der Waals surface area contributed by atoms with Gasteiger partial charge >= 0.3 is 0 Å². The Morgan fingerprint density at radius 3 is 2.46 bits per heavy atom. The van der Waals surface area contributed by atoms with Crippen LogP contribution in [0.25, 0.3) is 0 Å². The molecule has 2 saturated heterocycles. The van der Waals surface area contributed by atoms with Gasteiger partial charge in [-0.1, -0.05) is 19.9 Å². The average molecular weight is 409 g/mol. The lowest BCUT2D eigenvalue weighted by atomic mass is 9.97. The van der Waals surface area contributed by atoms with Crippen molar-refractivity contribution in [2.45, 2.75) is 56.8 Å². The van der Waals surface area contributed by atoms with E-state index in [1.54, 1.807) is 12.1 Å². The number of sulfonamides is 1. The topological polar surface area (TPSA) is 66.9 Å². The van der Waals surface area contributed by atoms with Gasteiger partial charge in [0.1, 0.15) is 10.6 Å². The molecule has 0 N–H and O–H groups in total. The summed E-state index contributed by atoms with van der Waals surface area (Å²) < 4.78 is 33.6. The highest BCUT2D eigenvalue weighted by atomic mass is 32.2. The summed E-state index contributed by atoms with van der Waals surface area (Å²) in [6.45, 7) is 6.37. The first kappa shape index (κ1) is 21.1. The minimum Gasteiger partial charge on any atom is -0.495 e. The molecule has 28 heavy (non-hydrogen) atoms. The zero-order chi connectivity index (χ0) is 20.3. The lowest BCUT2D eigenvalue weighted by molar-refractivity contribution is -0.137. The summed E-state index contributed by atoms with van der Waals surface area (Å²) in [6.07, 6.45) is 4.71. The Balaban J connectivity index is 1.83. The van der Waals surface area contributed by atoms with Crippen LogP contribution >= 0.6 is 0 Å². The zero-order valence-electron chi connectivity index (χ0n) is 17.2. The predicted octanol–water partition coefficient (Wildman–Crippen LogP) is 3.23. The smallest absolute Gasteiger partial charge is 0.246 e. The van der Waals surface area contributed by atoms with Crippen LogP contribution in [0.15, 0.2) is 23.1 Å². The van der Waals surface area contributed by atoms with E-state index in [-0.39, 0.29) is 29.2 Å². The predicted molar refractivity (Wildman–Crippen MR) is 109 cm³/mol. The van der Waals surface area contributed by atoms with E-state index in [2.05, 4.69) is 0 Å². The fraction of sp³-hybridized carbons (Fsp3) is 0.667. The molecule has 0 saturated carbocycles. The number of carbonyl (C=O) groups is 1. The van der Waals surface area contributed by atoms with Crippen LogP contribution in [0.5, 0.6) is 5.75 Å². The number of methoxy groups -OCH3 is 1. The van der Waals surface area contributed by atoms with Gasteiger partial charge in [0.15, 0.2) is 0 Å². The number of likely N-dealkylation sites (tertiary alicyclic amines) is 1. The van der Waals surface area contributed by atoms with Crippen LogP contribution in [0.2, 0.25) is 0 Å². The summed E-state index contributed by atoms with van der Waals surface area (Å²) in [6, 6.07) is 5.35. The molecule has 1 aromatic rings. The normalized spacial score (nSPS) is 21.7. The Morgan fingerprint density at radius 1 is 1.11 bits per heavy atom. The van der Waals surface area contributed by atoms with Crippen LogP contribution in [-0.4, -0.2) is 56.8 Å². The van der Waals surface area contributed by atoms with Crippen LogP contribution in [0.4, 0.5) is 0 Å². The molecule has 2 heterocycles. The minimum atomic E-state index is -3.72. The first-order valence-electron chi connectivity index (χ1n) is 10.3. The fourth-order valence-electron chi connectivity index (χ4n) is 4.13. The zero-order valence-corrected chi connectivity index (χ0v) is 18.0. The molecule has 2 aliphatic rings. The molecule has 1 atom stereocenters. The third-order valence-electron chi connectivity index (χ3n) is 5.87. The Bertz CT molecular complexity index is 801. The maximum atomic E-state index is 13.4. The van der Waals surface area contributed by atoms with Gasteiger partial charge in [0.05, 0.1) is 13.0 Å². The van der Waals surface area contributed by atoms with Gasteiger partial charge in [0, 0.05) is 26.2 Å². The molecule has 6 nitrogen and oxygen atoms in total. The van der Waals surface area contributed by atoms with E-state index >= 15 is 0 Å². The van der Waals surface area contributed by atoms with Crippen molar-refractivity contribution >= 4 is 15.9 Å². The number of hydrogen-bond donors (Lipinski definition) is 0. The van der Waals surface area contributed by atoms with Gasteiger partial charge in [-0.05, 0) is 55.7 Å². The van der Waals surface area contributed by atoms with Gasteiger partial charge in [-0.3, -0.25) is 4.79 Å². The van der Waals surface area contributed by atoms with Crippen LogP contribution in [0, 0.1) is 5.92 Å². The molecule has 2 aliphatic heterocycles. The second kappa shape index (κ2) is 8.82. The van der Waals surface area contributed by atoms with Crippen molar-refractivity contribution in [3.63, 3.8) is 0 Å². The van der Waals surface area contributed by atoms with Crippen molar-refractivity contribution in [2.75, 3.05) is 33.3 Å². The Morgan fingerprint density at radius 2 is 1.82 bits per heavy atom. The summed E-state index contributed by atoms with van der Waals surface area (Å²) in [5.41, 5.74) is 0.956. The largest absolute Gasteiger partial charge is 0.495 e. The molecule has 156 valence electrons. The van der Waals surface area contributed by atoms with E-state index in [0.29, 0.717) is 18.7 Å². The van der Waals surface area contributed by atoms with Crippen molar-refractivity contribution in [3.05, 3.63) is 23.8 Å². The van der Waals surface area contributed by atoms with Crippen LogP contribution in [-0.2, 0) is 14.8 Å². The van der Waals surface area contributed by atoms with E-state index in [9.17, 15) is 13.2 Å². The first-order chi connectivity index (χ1) is 13.3. The molecule has 3 rings (SSSR count). The molecular formula is C21H32N2O4S. The summed E-state index contributed by atoms with van der Waals surface area (Å²) in [5, 5.41) is 0. The van der Waals surface area contributed by atoms with Gasteiger partial charge in [-0.25, -0.2) is 8.42 Å². The van der Waals surface area contributed by atoms with Crippen LogP contribution in [0.3, 0.4) is 0 Å². The summed E-state index contributed by atoms with van der Waals surface area (Å²) >= 11 is 0. The molecule has 7 heteroatoms. The van der Waals surface area contributed by atoms with E-state index in [1.165, 1.54) is 17.8 Å². The van der Waals surface area contributed by atoms with Crippen LogP contribution in [0.1, 0.15) is 57.4 Å². The maximum absolute atomic E-state index is 13.4. The lowest BCUT2D eigenvalue weighted by Gasteiger charge is -2.35. The standard InChI is InChI=1S/C21H32N2O4S/c1-16(2)17-9-10-19(27-3)20(14-17)28(25,26)23-13-7-8-18(15-23)21(24)22-11-5-4-6-12-22/h9-10,14,16,18H,4-8,11-13,15H2,1-3H3/t18-/m0/s1. The Kier molecular flexibility index (Phi) is 6.65. The monoisotopic (exact) mass is 408 g/mol. The molecule has 1 amide bonds. The second-order valence-corrected chi connectivity index (χ2v) is 10.1. The van der Waals surface area contributed by atoms with Gasteiger partial charge < -0.3 is 9.64 Å². The number of hydrogen-bond acceptors (Lipinski definition) is 4. The van der Waals surface area contributed by atoms with Crippen LogP contribution < -0.4 is 4.74 Å². The van der Waals surface area contributed by atoms with Gasteiger partial charge in [-0.15, -0.1) is 0 Å². The third-order valence-corrected chi connectivity index (χ3v) is 7.76. The Labute approximate surface area is 168 Å². The molecule has 0 aliphatic carbocycles. The number of carbonyl (C=O) groups excluding carboxylic acids is 1. The number of benzene rings is 1. The number of nitrogens with zero attached hydrogens (tertiary/aromatic N) is 2. The summed E-state index contributed by atoms with van der Waals surface area (Å²) in [4.78, 5) is 15.0. The number of rotatable bonds is 5. The molecule has 0 bridgehead atoms. The lowest BCUT2D eigenvalue weighted by Crippen LogP contribution is -2.47. The second-order valence-electron chi connectivity index (χ2n) is 8.15. The fourth-order valence-corrected chi connectivity index (χ4v) is 5.84. The highest BCUT2D eigenvalue weighted by Gasteiger charge is 2.36. The molecule has 0 spiro atoms. The van der Waals surface area contributed by atoms with E-state index in [0.717, 1.165) is 37.9 Å². The highest BCUT2D eigenvalue weighted by Crippen LogP contribution is 2.33. The Hall–Kier alpha value is -1.60. The van der Waals surface area contributed by atoms with Gasteiger partial charge in [0.25, 0.3) is 0 Å². The van der Waals surface area contributed by atoms with E-state index in [4.69, 9.17) is 4.74 Å². The highest BCUT2D eigenvalue weighted by molar-refractivity contribution is 7.89. The summed E-state index contributed by atoms with van der Waals surface area (Å²) in [7, 11) is -2.23. The van der Waals surface area contributed by atoms with Crippen molar-refractivity contribution in [1.29, 1.82) is 0 Å². The SMILES string of the molecule is COc1ccc(C(C)C)cc1S(=O)(=O)N1CCC[C@H](C(=O)N2CCCCC2)C1. The maximum Gasteiger partial charge on any atom is 0.246 e. The van der Waals surface area contributed by atoms with E-state index in [1.807, 2.05) is 24.8 Å². The quantitative estimate of drug-likeness (QED) is 0.750. The molecule has 0 aromatic heterocycles. The van der Waals surface area contributed by atoms with Gasteiger partial charge in [0.2, 0.25) is 15.9 Å². The van der Waals surface area contributed by atoms with E-state index < -0.39 is 10.0 Å². The molecule has 0 unspecified atom stereocenters. The molecule has 1 aromatic carbocycles. The van der Waals surface area contributed by atoms with Crippen molar-refractivity contribution < 1.29 is 17.9 Å². The third kappa shape index (κ3) is 4.35. The van der Waals surface area contributed by atoms with Crippen molar-refractivity contribution in [3.8, 4) is 5.75 Å². The molecule has 2 fully saturated rings. The number of ether oxygens (including phenoxy) is 1.